The summed E-state index contributed by atoms with van der Waals surface area (Å²) in [7, 11) is -4.42. The molecule has 7 nitrogen and oxygen atoms in total. The zero-order valence-corrected chi connectivity index (χ0v) is 13.3. The summed E-state index contributed by atoms with van der Waals surface area (Å²) in [5.41, 5.74) is 0. The number of hydrogen-bond acceptors (Lipinski definition) is 6. The summed E-state index contributed by atoms with van der Waals surface area (Å²) in [6.07, 6.45) is 4.89. The van der Waals surface area contributed by atoms with Gasteiger partial charge in [0.05, 0.1) is 13.0 Å². The molecule has 1 aliphatic heterocycles. The lowest BCUT2D eigenvalue weighted by Gasteiger charge is -2.02. The van der Waals surface area contributed by atoms with E-state index < -0.39 is 10.4 Å². The maximum Gasteiger partial charge on any atom is 0.246 e. The first-order valence-electron chi connectivity index (χ1n) is 6.82. The Hall–Kier alpha value is -1.22. The predicted molar refractivity (Wildman–Crippen MR) is 82.2 cm³/mol. The minimum absolute atomic E-state index is 0.0914. The fourth-order valence-electron chi connectivity index (χ4n) is 1.74. The van der Waals surface area contributed by atoms with Crippen LogP contribution in [0.1, 0.15) is 13.3 Å². The third-order valence-electron chi connectivity index (χ3n) is 2.53. The quantitative estimate of drug-likeness (QED) is 0.202. The smallest absolute Gasteiger partial charge is 0.246 e. The van der Waals surface area contributed by atoms with Gasteiger partial charge in [-0.3, -0.25) is 14.1 Å². The van der Waals surface area contributed by atoms with Crippen molar-refractivity contribution in [3.63, 3.8) is 0 Å². The molecule has 1 heterocycles. The molecule has 0 atom stereocenters. The van der Waals surface area contributed by atoms with E-state index in [0.29, 0.717) is 0 Å². The summed E-state index contributed by atoms with van der Waals surface area (Å²) in [5.74, 6) is 1.33. The van der Waals surface area contributed by atoms with Crippen molar-refractivity contribution in [2.45, 2.75) is 13.3 Å². The Morgan fingerprint density at radius 1 is 1.48 bits per heavy atom. The molecule has 0 saturated carbocycles. The number of nitrogens with one attached hydrogen (secondary N) is 2. The maximum absolute atomic E-state index is 9.45. The highest BCUT2D eigenvalue weighted by Gasteiger charge is 2.18. The van der Waals surface area contributed by atoms with Crippen LogP contribution in [0.3, 0.4) is 0 Å². The molecule has 0 aromatic rings. The third kappa shape index (κ3) is 11.1. The Balaban J connectivity index is 0.000000486. The Bertz CT molecular complexity index is 446. The summed E-state index contributed by atoms with van der Waals surface area (Å²) < 4.78 is 34.3. The lowest BCUT2D eigenvalue weighted by Crippen LogP contribution is -2.28. The van der Waals surface area contributed by atoms with E-state index in [1.807, 2.05) is 12.2 Å². The van der Waals surface area contributed by atoms with Crippen molar-refractivity contribution in [2.75, 3.05) is 39.3 Å². The van der Waals surface area contributed by atoms with Crippen LogP contribution in [0, 0.1) is 0 Å². The average molecular weight is 319 g/mol. The van der Waals surface area contributed by atoms with Crippen molar-refractivity contribution in [3.05, 3.63) is 25.3 Å². The van der Waals surface area contributed by atoms with Crippen molar-refractivity contribution in [2.24, 2.45) is 0 Å². The lowest BCUT2D eigenvalue weighted by molar-refractivity contribution is -0.508. The summed E-state index contributed by atoms with van der Waals surface area (Å²) >= 11 is 0. The van der Waals surface area contributed by atoms with E-state index in [4.69, 9.17) is 0 Å². The van der Waals surface area contributed by atoms with Gasteiger partial charge >= 0.3 is 0 Å². The predicted octanol–water partition coefficient (Wildman–Crippen LogP) is -0.165. The zero-order chi connectivity index (χ0) is 16.1. The topological polar surface area (TPSA) is 93.5 Å². The van der Waals surface area contributed by atoms with E-state index in [1.165, 1.54) is 12.8 Å². The van der Waals surface area contributed by atoms with Gasteiger partial charge in [-0.15, -0.1) is 6.58 Å². The van der Waals surface area contributed by atoms with E-state index in [0.717, 1.165) is 39.1 Å². The van der Waals surface area contributed by atoms with E-state index >= 15 is 0 Å². The molecule has 0 spiro atoms. The zero-order valence-electron chi connectivity index (χ0n) is 12.5. The standard InChI is InChI=1S/C11H19N3.C2H6O4S/c1-3-6-12-7-5-11-13-8-10-14(11)9-4-2;1-2-6-7(3,4)5/h3-4,12H,1-2,5-10H2;2H2,1H3,(H,3,4,5). The molecule has 2 N–H and O–H groups in total. The molecule has 0 bridgehead atoms. The molecule has 1 rings (SSSR count). The van der Waals surface area contributed by atoms with Gasteiger partial charge < -0.3 is 9.87 Å². The summed E-state index contributed by atoms with van der Waals surface area (Å²) in [6.45, 7) is 13.8. The van der Waals surface area contributed by atoms with E-state index in [-0.39, 0.29) is 6.61 Å². The molecule has 0 aromatic heterocycles. The van der Waals surface area contributed by atoms with Crippen molar-refractivity contribution in [1.82, 2.24) is 10.6 Å². The number of amidine groups is 1. The lowest BCUT2D eigenvalue weighted by atomic mass is 10.3. The Morgan fingerprint density at radius 2 is 2.19 bits per heavy atom. The first kappa shape index (κ1) is 19.8. The van der Waals surface area contributed by atoms with Gasteiger partial charge in [-0.25, -0.2) is 8.42 Å². The van der Waals surface area contributed by atoms with Crippen molar-refractivity contribution < 1.29 is 21.7 Å². The Morgan fingerprint density at radius 3 is 2.67 bits per heavy atom. The summed E-state index contributed by atoms with van der Waals surface area (Å²) in [6, 6.07) is 0. The summed E-state index contributed by atoms with van der Waals surface area (Å²) in [4.78, 5) is 0. The molecule has 0 aliphatic carbocycles. The molecule has 8 heteroatoms. The highest BCUT2D eigenvalue weighted by Crippen LogP contribution is 1.92. The molecular weight excluding hydrogens is 294 g/mol. The van der Waals surface area contributed by atoms with Gasteiger partial charge in [0.25, 0.3) is 0 Å². The molecule has 0 amide bonds. The third-order valence-corrected chi connectivity index (χ3v) is 3.06. The largest absolute Gasteiger partial charge is 0.726 e. The highest BCUT2D eigenvalue weighted by atomic mass is 32.3. The minimum Gasteiger partial charge on any atom is -0.726 e. The van der Waals surface area contributed by atoms with E-state index in [9.17, 15) is 13.0 Å². The van der Waals surface area contributed by atoms with E-state index in [1.54, 1.807) is 0 Å². The molecule has 0 radical (unpaired) electrons. The Kier molecular flexibility index (Phi) is 10.8. The molecule has 122 valence electrons. The van der Waals surface area contributed by atoms with Crippen LogP contribution in [0.4, 0.5) is 0 Å². The second kappa shape index (κ2) is 11.4. The van der Waals surface area contributed by atoms with Crippen molar-refractivity contribution in [1.29, 1.82) is 0 Å². The van der Waals surface area contributed by atoms with Crippen LogP contribution < -0.4 is 10.6 Å². The van der Waals surface area contributed by atoms with Crippen LogP contribution in [-0.2, 0) is 14.6 Å². The van der Waals surface area contributed by atoms with E-state index in [2.05, 4.69) is 32.6 Å². The molecule has 21 heavy (non-hydrogen) atoms. The monoisotopic (exact) mass is 319 g/mol. The highest BCUT2D eigenvalue weighted by molar-refractivity contribution is 7.80. The van der Waals surface area contributed by atoms with Gasteiger partial charge in [-0.05, 0) is 6.92 Å². The van der Waals surface area contributed by atoms with Gasteiger partial charge in [0, 0.05) is 13.1 Å². The fourth-order valence-corrected chi connectivity index (χ4v) is 2.03. The molecule has 0 aromatic carbocycles. The first-order chi connectivity index (χ1) is 9.94. The normalized spacial score (nSPS) is 14.2. The van der Waals surface area contributed by atoms with Gasteiger partial charge in [0.2, 0.25) is 16.2 Å². The second-order valence-corrected chi connectivity index (χ2v) is 5.22. The van der Waals surface area contributed by atoms with Crippen LogP contribution in [0.15, 0.2) is 25.3 Å². The van der Waals surface area contributed by atoms with Crippen LogP contribution in [0.2, 0.25) is 0 Å². The molecule has 0 saturated heterocycles. The first-order valence-corrected chi connectivity index (χ1v) is 8.15. The molecule has 0 unspecified atom stereocenters. The molecular formula is C13H25N3O4S. The summed E-state index contributed by atoms with van der Waals surface area (Å²) in [5, 5.41) is 6.69. The number of hydrogen-bond donors (Lipinski definition) is 2. The fraction of sp³-hybridized carbons (Fsp3) is 0.615. The molecule has 0 fully saturated rings. The van der Waals surface area contributed by atoms with Gasteiger partial charge in [-0.2, -0.15) is 0 Å². The van der Waals surface area contributed by atoms with Crippen LogP contribution >= 0.6 is 0 Å². The maximum atomic E-state index is 9.45. The van der Waals surface area contributed by atoms with Gasteiger partial charge in [0.15, 0.2) is 0 Å². The number of rotatable bonds is 9. The van der Waals surface area contributed by atoms with Crippen LogP contribution in [-0.4, -0.2) is 62.7 Å². The van der Waals surface area contributed by atoms with Crippen molar-refractivity contribution >= 4 is 16.2 Å². The average Bonchev–Trinajstić information content (AvgIpc) is 2.82. The Labute approximate surface area is 127 Å². The van der Waals surface area contributed by atoms with Crippen molar-refractivity contribution in [3.8, 4) is 0 Å². The second-order valence-electron chi connectivity index (χ2n) is 4.17. The molecule has 1 aliphatic rings. The van der Waals surface area contributed by atoms with Crippen LogP contribution in [0.25, 0.3) is 0 Å². The van der Waals surface area contributed by atoms with Crippen LogP contribution in [0.5, 0.6) is 0 Å². The minimum atomic E-state index is -4.42. The SMILES string of the molecule is C=CCNCCC1=[N+](CC=C)CCN1.CCOS(=O)(=O)[O-]. The van der Waals surface area contributed by atoms with Gasteiger partial charge in [-0.1, -0.05) is 18.7 Å². The van der Waals surface area contributed by atoms with Gasteiger partial charge in [0.1, 0.15) is 19.6 Å². The number of nitrogens with zero attached hydrogens (tertiary/aromatic N) is 1.